The van der Waals surface area contributed by atoms with Crippen molar-refractivity contribution < 1.29 is 42.4 Å². The van der Waals surface area contributed by atoms with Gasteiger partial charge in [0.25, 0.3) is 0 Å². The Morgan fingerprint density at radius 2 is 1.20 bits per heavy atom. The normalized spacial score (nSPS) is 15.1. The number of phosphoric ester groups is 1. The van der Waals surface area contributed by atoms with Gasteiger partial charge >= 0.3 is 13.8 Å². The molecule has 0 bridgehead atoms. The van der Waals surface area contributed by atoms with Gasteiger partial charge in [0.05, 0.1) is 40.1 Å². The van der Waals surface area contributed by atoms with Gasteiger partial charge in [0.1, 0.15) is 19.8 Å². The van der Waals surface area contributed by atoms with Crippen molar-refractivity contribution in [2.75, 3.05) is 47.5 Å². The average molecular weight is 807 g/mol. The number of esters is 1. The lowest BCUT2D eigenvalue weighted by Crippen LogP contribution is -2.37. The molecule has 0 aromatic carbocycles. The number of quaternary nitrogens is 1. The second-order valence-corrected chi connectivity index (χ2v) is 16.7. The lowest BCUT2D eigenvalue weighted by molar-refractivity contribution is -0.870. The Kier molecular flexibility index (Phi) is 36.3. The van der Waals surface area contributed by atoms with Crippen LogP contribution in [0.2, 0.25) is 0 Å². The Bertz CT molecular complexity index is 1180. The molecule has 56 heavy (non-hydrogen) atoms. The first-order chi connectivity index (χ1) is 27.0. The van der Waals surface area contributed by atoms with Gasteiger partial charge in [-0.15, -0.1) is 0 Å². The van der Waals surface area contributed by atoms with Crippen LogP contribution in [0.3, 0.4) is 0 Å². The second kappa shape index (κ2) is 38.0. The predicted molar refractivity (Wildman–Crippen MR) is 234 cm³/mol. The van der Waals surface area contributed by atoms with Crippen LogP contribution in [0, 0.1) is 0 Å². The molecule has 0 aliphatic heterocycles. The number of aliphatic hydroxyl groups excluding tert-OH is 1. The van der Waals surface area contributed by atoms with Crippen LogP contribution in [-0.4, -0.2) is 80.2 Å². The maximum atomic E-state index is 12.5. The highest BCUT2D eigenvalue weighted by molar-refractivity contribution is 7.47. The summed E-state index contributed by atoms with van der Waals surface area (Å²) in [4.78, 5) is 22.6. The molecule has 0 saturated carbocycles. The molecule has 0 aromatic heterocycles. The van der Waals surface area contributed by atoms with E-state index in [4.69, 9.17) is 18.5 Å². The van der Waals surface area contributed by atoms with E-state index < -0.39 is 13.9 Å². The number of ether oxygens (including phenoxy) is 2. The first-order valence-corrected chi connectivity index (χ1v) is 23.0. The molecule has 322 valence electrons. The number of allylic oxidation sites excluding steroid dienone is 12. The van der Waals surface area contributed by atoms with Crippen LogP contribution in [0.1, 0.15) is 142 Å². The Labute approximate surface area is 342 Å². The number of likely N-dealkylation sites (N-methyl/N-ethyl adjacent to an activating group) is 1. The summed E-state index contributed by atoms with van der Waals surface area (Å²) in [6.45, 7) is 4.46. The van der Waals surface area contributed by atoms with E-state index in [-0.39, 0.29) is 38.3 Å². The number of carbonyl (C=O) groups is 1. The highest BCUT2D eigenvalue weighted by atomic mass is 31.2. The van der Waals surface area contributed by atoms with Gasteiger partial charge in [-0.3, -0.25) is 13.8 Å². The zero-order valence-corrected chi connectivity index (χ0v) is 36.8. The van der Waals surface area contributed by atoms with Gasteiger partial charge < -0.3 is 24.0 Å². The quantitative estimate of drug-likeness (QED) is 0.0121. The molecule has 10 heteroatoms. The molecule has 0 aliphatic rings. The van der Waals surface area contributed by atoms with Crippen molar-refractivity contribution in [3.63, 3.8) is 0 Å². The third-order valence-electron chi connectivity index (χ3n) is 8.69. The van der Waals surface area contributed by atoms with E-state index in [1.807, 2.05) is 46.3 Å². The Morgan fingerprint density at radius 1 is 0.661 bits per heavy atom. The van der Waals surface area contributed by atoms with Gasteiger partial charge in [-0.25, -0.2) is 4.57 Å². The van der Waals surface area contributed by atoms with Gasteiger partial charge in [-0.05, 0) is 83.1 Å². The Hall–Kier alpha value is -2.52. The van der Waals surface area contributed by atoms with Crippen molar-refractivity contribution in [2.24, 2.45) is 0 Å². The molecule has 0 saturated heterocycles. The molecule has 3 atom stereocenters. The number of carbonyl (C=O) groups excluding carboxylic acids is 1. The van der Waals surface area contributed by atoms with E-state index in [9.17, 15) is 19.4 Å². The summed E-state index contributed by atoms with van der Waals surface area (Å²) >= 11 is 0. The molecular weight excluding hydrogens is 725 g/mol. The predicted octanol–water partition coefficient (Wildman–Crippen LogP) is 11.8. The zero-order chi connectivity index (χ0) is 41.4. The molecule has 0 aromatic rings. The third-order valence-corrected chi connectivity index (χ3v) is 9.67. The Morgan fingerprint density at radius 3 is 1.80 bits per heavy atom. The Balaban J connectivity index is 4.45. The van der Waals surface area contributed by atoms with Crippen LogP contribution in [0.5, 0.6) is 0 Å². The van der Waals surface area contributed by atoms with Gasteiger partial charge in [-0.2, -0.15) is 0 Å². The number of rotatable bonds is 38. The minimum Gasteiger partial charge on any atom is -0.492 e. The van der Waals surface area contributed by atoms with E-state index in [1.54, 1.807) is 12.3 Å². The van der Waals surface area contributed by atoms with E-state index in [0.29, 0.717) is 17.4 Å². The molecule has 0 radical (unpaired) electrons. The van der Waals surface area contributed by atoms with E-state index in [0.717, 1.165) is 57.8 Å². The van der Waals surface area contributed by atoms with Crippen molar-refractivity contribution in [1.29, 1.82) is 0 Å². The summed E-state index contributed by atoms with van der Waals surface area (Å²) in [6.07, 6.45) is 48.2. The van der Waals surface area contributed by atoms with E-state index in [2.05, 4.69) is 61.6 Å². The molecule has 0 amide bonds. The van der Waals surface area contributed by atoms with Crippen molar-refractivity contribution in [1.82, 2.24) is 0 Å². The fourth-order valence-corrected chi connectivity index (χ4v) is 5.85. The zero-order valence-electron chi connectivity index (χ0n) is 35.9. The molecule has 0 heterocycles. The van der Waals surface area contributed by atoms with E-state index >= 15 is 0 Å². The smallest absolute Gasteiger partial charge is 0.472 e. The number of unbranched alkanes of at least 4 members (excludes halogenated alkanes) is 12. The molecule has 0 spiro atoms. The van der Waals surface area contributed by atoms with Crippen molar-refractivity contribution in [2.45, 2.75) is 154 Å². The van der Waals surface area contributed by atoms with Crippen LogP contribution in [0.25, 0.3) is 0 Å². The lowest BCUT2D eigenvalue weighted by Gasteiger charge is -2.24. The van der Waals surface area contributed by atoms with Crippen LogP contribution in [0.4, 0.5) is 0 Å². The summed E-state index contributed by atoms with van der Waals surface area (Å²) in [6, 6.07) is 0. The number of nitrogens with zero attached hydrogens (tertiary/aromatic N) is 1. The van der Waals surface area contributed by atoms with Crippen molar-refractivity contribution in [3.8, 4) is 0 Å². The van der Waals surface area contributed by atoms with Gasteiger partial charge in [0.15, 0.2) is 6.10 Å². The van der Waals surface area contributed by atoms with Gasteiger partial charge in [-0.1, -0.05) is 132 Å². The largest absolute Gasteiger partial charge is 0.492 e. The topological polar surface area (TPSA) is 112 Å². The van der Waals surface area contributed by atoms with E-state index in [1.165, 1.54) is 57.8 Å². The third kappa shape index (κ3) is 41.1. The summed E-state index contributed by atoms with van der Waals surface area (Å²) in [5.41, 5.74) is 0. The molecular formula is C46H81NO8P+. The summed E-state index contributed by atoms with van der Waals surface area (Å²) in [5, 5.41) is 9.48. The molecule has 0 fully saturated rings. The average Bonchev–Trinajstić information content (AvgIpc) is 3.15. The standard InChI is InChI=1S/C46H80NO8P/c1-6-8-9-10-11-12-13-14-15-18-21-24-27-30-33-36-40-52-45(43-55-56(50,51)54-41-39-47(3,4)5)42-53-46(49)38-35-32-29-26-23-20-17-16-19-22-25-28-31-34-37-44(48)7-2/h14-15,17,19-20,22,26,28-29,31,34,36-37,40,44-45,48H,6-13,16,18,21,23-25,27,30,32-33,35,38-39,41-43H2,1-5H3/p+1/b15-14-,20-17-,22-19-,29-26-,31-28-,37-34+,40-36+/t44-,45+/m0/s1. The summed E-state index contributed by atoms with van der Waals surface area (Å²) in [5.74, 6) is -0.351. The fraction of sp³-hybridized carbons (Fsp3) is 0.674. The van der Waals surface area contributed by atoms with Crippen molar-refractivity contribution in [3.05, 3.63) is 85.3 Å². The number of phosphoric acid groups is 1. The maximum absolute atomic E-state index is 12.5. The highest BCUT2D eigenvalue weighted by Gasteiger charge is 2.25. The minimum absolute atomic E-state index is 0.0684. The minimum atomic E-state index is -4.29. The van der Waals surface area contributed by atoms with Crippen LogP contribution in [-0.2, 0) is 27.9 Å². The monoisotopic (exact) mass is 807 g/mol. The van der Waals surface area contributed by atoms with Crippen LogP contribution < -0.4 is 0 Å². The van der Waals surface area contributed by atoms with Crippen molar-refractivity contribution >= 4 is 13.8 Å². The second-order valence-electron chi connectivity index (χ2n) is 15.2. The summed E-state index contributed by atoms with van der Waals surface area (Å²) < 4.78 is 34.6. The molecule has 2 N–H and O–H groups in total. The number of hydrogen-bond acceptors (Lipinski definition) is 7. The first kappa shape index (κ1) is 53.5. The number of aliphatic hydroxyl groups is 1. The van der Waals surface area contributed by atoms with Gasteiger partial charge in [0, 0.05) is 6.42 Å². The fourth-order valence-electron chi connectivity index (χ4n) is 5.10. The van der Waals surface area contributed by atoms with Gasteiger partial charge in [0.2, 0.25) is 0 Å². The molecule has 0 rings (SSSR count). The lowest BCUT2D eigenvalue weighted by atomic mass is 10.1. The highest BCUT2D eigenvalue weighted by Crippen LogP contribution is 2.43. The summed E-state index contributed by atoms with van der Waals surface area (Å²) in [7, 11) is 1.60. The first-order valence-electron chi connectivity index (χ1n) is 21.5. The number of hydrogen-bond donors (Lipinski definition) is 2. The molecule has 9 nitrogen and oxygen atoms in total. The SMILES string of the molecule is CCCCCCCC/C=C\CCCCCC/C=C/O[C@H](COC(=O)CCC/C=C\C/C=C\C/C=C\C/C=C\C=C\[C@@H](O)CC)COP(=O)(O)OCC[N+](C)(C)C. The van der Waals surface area contributed by atoms with Crippen LogP contribution >= 0.6 is 7.82 Å². The maximum Gasteiger partial charge on any atom is 0.472 e. The molecule has 0 aliphatic carbocycles. The van der Waals surface area contributed by atoms with Crippen LogP contribution in [0.15, 0.2) is 85.3 Å². The molecule has 1 unspecified atom stereocenters.